The van der Waals surface area contributed by atoms with Crippen LogP contribution >= 0.6 is 0 Å². The largest absolute Gasteiger partial charge is 0.492 e. The van der Waals surface area contributed by atoms with Crippen LogP contribution in [0.2, 0.25) is 0 Å². The molecule has 3 aromatic rings. The molecule has 12 heteroatoms. The van der Waals surface area contributed by atoms with Crippen molar-refractivity contribution in [2.75, 3.05) is 24.4 Å². The fourth-order valence-corrected chi connectivity index (χ4v) is 3.69. The quantitative estimate of drug-likeness (QED) is 0.326. The van der Waals surface area contributed by atoms with E-state index in [1.54, 1.807) is 38.1 Å². The lowest BCUT2D eigenvalue weighted by atomic mass is 10.1. The molecular weight excluding hydrogens is 461 g/mol. The number of alkyl halides is 3. The van der Waals surface area contributed by atoms with Crippen LogP contribution in [0.4, 0.5) is 18.9 Å². The maximum absolute atomic E-state index is 12.9. The molecule has 1 atom stereocenters. The van der Waals surface area contributed by atoms with Gasteiger partial charge in [0.05, 0.1) is 16.9 Å². The van der Waals surface area contributed by atoms with E-state index in [9.17, 15) is 26.7 Å². The van der Waals surface area contributed by atoms with E-state index in [1.165, 1.54) is 18.2 Å². The number of hydrogen-bond acceptors (Lipinski definition) is 6. The number of anilines is 1. The second kappa shape index (κ2) is 9.98. The molecule has 2 aromatic carbocycles. The molecule has 180 valence electrons. The van der Waals surface area contributed by atoms with Crippen molar-refractivity contribution in [1.82, 2.24) is 15.5 Å². The summed E-state index contributed by atoms with van der Waals surface area (Å²) in [5.41, 5.74) is 0.154. The predicted molar refractivity (Wildman–Crippen MR) is 119 cm³/mol. The van der Waals surface area contributed by atoms with E-state index in [4.69, 9.17) is 4.74 Å². The zero-order valence-electron chi connectivity index (χ0n) is 18.0. The van der Waals surface area contributed by atoms with Crippen LogP contribution in [0.3, 0.4) is 0 Å². The molecule has 0 fully saturated rings. The van der Waals surface area contributed by atoms with Gasteiger partial charge >= 0.3 is 6.18 Å². The van der Waals surface area contributed by atoms with E-state index < -0.39 is 33.2 Å². The topological polar surface area (TPSA) is 116 Å². The van der Waals surface area contributed by atoms with Crippen LogP contribution in [0.25, 0.3) is 10.9 Å². The molecule has 1 unspecified atom stereocenters. The average Bonchev–Trinajstić information content (AvgIpc) is 3.17. The Morgan fingerprint density at radius 1 is 1.18 bits per heavy atom. The third kappa shape index (κ3) is 6.36. The standard InChI is InChI=1S/C21H25F3N4O4S/c1-13(2)33(30,31)28-15-5-3-4-14(10-15)19(29)12-25-8-9-32-16-6-7-17-18(11-16)26-27-20(17)21(22,23)24/h3-7,10-11,13,19,25,28-29H,8-9,12H2,1-2H3,(H,26,27). The van der Waals surface area contributed by atoms with Gasteiger partial charge in [-0.05, 0) is 43.7 Å². The Balaban J connectivity index is 1.48. The number of aliphatic hydroxyl groups is 1. The lowest BCUT2D eigenvalue weighted by molar-refractivity contribution is -0.139. The van der Waals surface area contributed by atoms with E-state index in [0.717, 1.165) is 0 Å². The molecule has 0 aliphatic rings. The maximum Gasteiger partial charge on any atom is 0.435 e. The highest BCUT2D eigenvalue weighted by Crippen LogP contribution is 2.34. The predicted octanol–water partition coefficient (Wildman–Crippen LogP) is 3.43. The molecule has 0 radical (unpaired) electrons. The minimum Gasteiger partial charge on any atom is -0.492 e. The molecule has 1 aromatic heterocycles. The number of halogens is 3. The monoisotopic (exact) mass is 486 g/mol. The summed E-state index contributed by atoms with van der Waals surface area (Å²) in [4.78, 5) is 0. The highest BCUT2D eigenvalue weighted by Gasteiger charge is 2.35. The van der Waals surface area contributed by atoms with Crippen molar-refractivity contribution in [3.05, 3.63) is 53.7 Å². The van der Waals surface area contributed by atoms with Crippen molar-refractivity contribution in [3.8, 4) is 5.75 Å². The zero-order valence-corrected chi connectivity index (χ0v) is 18.8. The number of aliphatic hydroxyl groups excluding tert-OH is 1. The minimum atomic E-state index is -4.54. The number of rotatable bonds is 10. The number of fused-ring (bicyclic) bond motifs is 1. The van der Waals surface area contributed by atoms with Crippen molar-refractivity contribution in [2.45, 2.75) is 31.4 Å². The summed E-state index contributed by atoms with van der Waals surface area (Å²) >= 11 is 0. The van der Waals surface area contributed by atoms with Gasteiger partial charge in [-0.1, -0.05) is 12.1 Å². The van der Waals surface area contributed by atoms with Gasteiger partial charge in [0, 0.05) is 30.2 Å². The van der Waals surface area contributed by atoms with Gasteiger partial charge in [0.15, 0.2) is 5.69 Å². The molecule has 33 heavy (non-hydrogen) atoms. The second-order valence-electron chi connectivity index (χ2n) is 7.67. The molecule has 0 aliphatic carbocycles. The van der Waals surface area contributed by atoms with Gasteiger partial charge in [0.25, 0.3) is 0 Å². The molecule has 8 nitrogen and oxygen atoms in total. The van der Waals surface area contributed by atoms with Gasteiger partial charge in [0.1, 0.15) is 12.4 Å². The van der Waals surface area contributed by atoms with Crippen LogP contribution in [0, 0.1) is 0 Å². The number of ether oxygens (including phenoxy) is 1. The van der Waals surface area contributed by atoms with Crippen LogP contribution in [0.5, 0.6) is 5.75 Å². The van der Waals surface area contributed by atoms with Gasteiger partial charge in [-0.3, -0.25) is 9.82 Å². The van der Waals surface area contributed by atoms with Crippen molar-refractivity contribution >= 4 is 26.6 Å². The molecular formula is C21H25F3N4O4S. The van der Waals surface area contributed by atoms with E-state index in [-0.39, 0.29) is 24.1 Å². The number of hydrogen-bond donors (Lipinski definition) is 4. The van der Waals surface area contributed by atoms with Crippen LogP contribution in [-0.2, 0) is 16.2 Å². The summed E-state index contributed by atoms with van der Waals surface area (Å²) in [5, 5.41) is 18.4. The average molecular weight is 487 g/mol. The van der Waals surface area contributed by atoms with E-state index >= 15 is 0 Å². The van der Waals surface area contributed by atoms with Gasteiger partial charge in [-0.15, -0.1) is 0 Å². The Bertz CT molecular complexity index is 1200. The smallest absolute Gasteiger partial charge is 0.435 e. The lowest BCUT2D eigenvalue weighted by Crippen LogP contribution is -2.26. The first-order chi connectivity index (χ1) is 15.5. The van der Waals surface area contributed by atoms with Crippen molar-refractivity contribution < 1.29 is 31.4 Å². The Morgan fingerprint density at radius 3 is 2.64 bits per heavy atom. The van der Waals surface area contributed by atoms with Crippen molar-refractivity contribution in [1.29, 1.82) is 0 Å². The summed E-state index contributed by atoms with van der Waals surface area (Å²) in [6, 6.07) is 10.7. The molecule has 3 rings (SSSR count). The fourth-order valence-electron chi connectivity index (χ4n) is 2.99. The van der Waals surface area contributed by atoms with E-state index in [0.29, 0.717) is 23.5 Å². The van der Waals surface area contributed by atoms with Gasteiger partial charge in [0.2, 0.25) is 10.0 Å². The summed E-state index contributed by atoms with van der Waals surface area (Å²) < 4.78 is 70.7. The number of nitrogens with zero attached hydrogens (tertiary/aromatic N) is 1. The van der Waals surface area contributed by atoms with Gasteiger partial charge < -0.3 is 15.2 Å². The molecule has 0 aliphatic heterocycles. The number of benzene rings is 2. The summed E-state index contributed by atoms with van der Waals surface area (Å²) in [6.45, 7) is 3.91. The van der Waals surface area contributed by atoms with E-state index in [1.807, 2.05) is 0 Å². The second-order valence-corrected chi connectivity index (χ2v) is 9.90. The normalized spacial score (nSPS) is 13.4. The molecule has 0 bridgehead atoms. The number of sulfonamides is 1. The first-order valence-electron chi connectivity index (χ1n) is 10.2. The van der Waals surface area contributed by atoms with Gasteiger partial charge in [-0.25, -0.2) is 8.42 Å². The third-order valence-corrected chi connectivity index (χ3v) is 6.60. The number of aromatic nitrogens is 2. The Hall–Kier alpha value is -2.83. The first-order valence-corrected chi connectivity index (χ1v) is 11.7. The first kappa shape index (κ1) is 24.8. The summed E-state index contributed by atoms with van der Waals surface area (Å²) in [5.74, 6) is 0.382. The molecule has 1 heterocycles. The Morgan fingerprint density at radius 2 is 1.94 bits per heavy atom. The molecule has 4 N–H and O–H groups in total. The minimum absolute atomic E-state index is 0.0333. The van der Waals surface area contributed by atoms with Crippen LogP contribution < -0.4 is 14.8 Å². The number of nitrogens with one attached hydrogen (secondary N) is 3. The molecule has 0 amide bonds. The Kier molecular flexibility index (Phi) is 7.50. The molecule has 0 saturated heterocycles. The van der Waals surface area contributed by atoms with Gasteiger partial charge in [-0.2, -0.15) is 18.3 Å². The van der Waals surface area contributed by atoms with Crippen molar-refractivity contribution in [3.63, 3.8) is 0 Å². The Labute approximate surface area is 189 Å². The SMILES string of the molecule is CC(C)S(=O)(=O)Nc1cccc(C(O)CNCCOc2ccc3c(C(F)(F)F)n[nH]c3c2)c1. The summed E-state index contributed by atoms with van der Waals surface area (Å²) in [6.07, 6.45) is -5.42. The van der Waals surface area contributed by atoms with E-state index in [2.05, 4.69) is 20.2 Å². The van der Waals surface area contributed by atoms with Crippen LogP contribution in [0.1, 0.15) is 31.2 Å². The summed E-state index contributed by atoms with van der Waals surface area (Å²) in [7, 11) is -3.49. The molecule has 0 saturated carbocycles. The fraction of sp³-hybridized carbons (Fsp3) is 0.381. The van der Waals surface area contributed by atoms with Crippen molar-refractivity contribution in [2.24, 2.45) is 0 Å². The third-order valence-electron chi connectivity index (χ3n) is 4.84. The maximum atomic E-state index is 12.9. The lowest BCUT2D eigenvalue weighted by Gasteiger charge is -2.15. The number of H-pyrrole nitrogens is 1. The molecule has 0 spiro atoms. The highest BCUT2D eigenvalue weighted by atomic mass is 32.2. The van der Waals surface area contributed by atoms with Crippen LogP contribution in [0.15, 0.2) is 42.5 Å². The number of aromatic amines is 1. The van der Waals surface area contributed by atoms with Crippen LogP contribution in [-0.4, -0.2) is 48.7 Å². The highest BCUT2D eigenvalue weighted by molar-refractivity contribution is 7.93. The zero-order chi connectivity index (χ0) is 24.2.